The molecule has 0 radical (unpaired) electrons. The van der Waals surface area contributed by atoms with Crippen LogP contribution in [0.25, 0.3) is 0 Å². The van der Waals surface area contributed by atoms with Gasteiger partial charge >= 0.3 is 0 Å². The molecule has 0 atom stereocenters. The summed E-state index contributed by atoms with van der Waals surface area (Å²) in [7, 11) is 1.57. The maximum Gasteiger partial charge on any atom is 0.254 e. The molecule has 1 N–H and O–H groups in total. The van der Waals surface area contributed by atoms with Crippen LogP contribution in [-0.4, -0.2) is 24.6 Å². The molecule has 0 saturated carbocycles. The fourth-order valence-corrected chi connectivity index (χ4v) is 2.39. The number of halogens is 2. The summed E-state index contributed by atoms with van der Waals surface area (Å²) in [6.07, 6.45) is 0. The van der Waals surface area contributed by atoms with Crippen LogP contribution in [0.2, 0.25) is 10.3 Å². The maximum atomic E-state index is 12.1. The lowest BCUT2D eigenvalue weighted by atomic mass is 10.2. The van der Waals surface area contributed by atoms with E-state index in [1.54, 1.807) is 13.2 Å². The van der Waals surface area contributed by atoms with Crippen molar-refractivity contribution in [1.29, 1.82) is 0 Å². The van der Waals surface area contributed by atoms with Gasteiger partial charge in [-0.1, -0.05) is 29.3 Å². The number of carbonyl (C=O) groups is 1. The van der Waals surface area contributed by atoms with Gasteiger partial charge in [-0.3, -0.25) is 4.79 Å². The number of methoxy groups -OCH3 is 1. The molecule has 0 aliphatic carbocycles. The lowest BCUT2D eigenvalue weighted by Gasteiger charge is -2.12. The number of amides is 1. The van der Waals surface area contributed by atoms with Gasteiger partial charge in [0.1, 0.15) is 10.3 Å². The minimum absolute atomic E-state index is 0.0688. The second-order valence-electron chi connectivity index (χ2n) is 4.57. The number of benzene rings is 1. The highest BCUT2D eigenvalue weighted by molar-refractivity contribution is 6.34. The van der Waals surface area contributed by atoms with Crippen LogP contribution >= 0.6 is 23.2 Å². The molecule has 0 aliphatic rings. The summed E-state index contributed by atoms with van der Waals surface area (Å²) in [6, 6.07) is 8.52. The summed E-state index contributed by atoms with van der Waals surface area (Å²) < 4.78 is 10.7. The number of nitrogens with zero attached hydrogens (tertiary/aromatic N) is 1. The van der Waals surface area contributed by atoms with E-state index in [1.165, 1.54) is 12.1 Å². The topological polar surface area (TPSA) is 60.5 Å². The number of ether oxygens (including phenoxy) is 2. The molecule has 2 rings (SSSR count). The molecular weight excluding hydrogens is 339 g/mol. The third-order valence-corrected chi connectivity index (χ3v) is 3.54. The molecule has 7 heteroatoms. The zero-order valence-corrected chi connectivity index (χ0v) is 14.2. The van der Waals surface area contributed by atoms with Crippen molar-refractivity contribution in [2.45, 2.75) is 13.5 Å². The molecule has 5 nitrogen and oxygen atoms in total. The van der Waals surface area contributed by atoms with Crippen molar-refractivity contribution >= 4 is 29.1 Å². The third kappa shape index (κ3) is 4.50. The fraction of sp³-hybridized carbons (Fsp3) is 0.250. The Kier molecular flexibility index (Phi) is 6.07. The summed E-state index contributed by atoms with van der Waals surface area (Å²) >= 11 is 11.6. The van der Waals surface area contributed by atoms with Crippen molar-refractivity contribution in [3.05, 3.63) is 51.8 Å². The van der Waals surface area contributed by atoms with E-state index in [0.29, 0.717) is 24.7 Å². The van der Waals surface area contributed by atoms with E-state index in [2.05, 4.69) is 10.3 Å². The van der Waals surface area contributed by atoms with Crippen LogP contribution in [0.1, 0.15) is 22.8 Å². The van der Waals surface area contributed by atoms with Crippen LogP contribution < -0.4 is 14.8 Å². The van der Waals surface area contributed by atoms with Gasteiger partial charge in [0.15, 0.2) is 11.5 Å². The number of pyridine rings is 1. The van der Waals surface area contributed by atoms with Crippen molar-refractivity contribution in [1.82, 2.24) is 10.3 Å². The van der Waals surface area contributed by atoms with E-state index in [-0.39, 0.29) is 21.8 Å². The van der Waals surface area contributed by atoms with Crippen LogP contribution in [0.5, 0.6) is 11.5 Å². The molecule has 0 fully saturated rings. The van der Waals surface area contributed by atoms with Gasteiger partial charge < -0.3 is 14.8 Å². The second-order valence-corrected chi connectivity index (χ2v) is 5.32. The van der Waals surface area contributed by atoms with Crippen LogP contribution in [-0.2, 0) is 6.54 Å². The molecular formula is C16H16Cl2N2O3. The first kappa shape index (κ1) is 17.4. The van der Waals surface area contributed by atoms with Crippen molar-refractivity contribution in [2.24, 2.45) is 0 Å². The average molecular weight is 355 g/mol. The zero-order chi connectivity index (χ0) is 16.8. The van der Waals surface area contributed by atoms with E-state index in [9.17, 15) is 4.79 Å². The minimum atomic E-state index is -0.327. The molecule has 1 heterocycles. The lowest BCUT2D eigenvalue weighted by molar-refractivity contribution is 0.0950. The van der Waals surface area contributed by atoms with E-state index in [0.717, 1.165) is 5.56 Å². The molecule has 23 heavy (non-hydrogen) atoms. The van der Waals surface area contributed by atoms with Gasteiger partial charge in [0.25, 0.3) is 5.91 Å². The smallest absolute Gasteiger partial charge is 0.254 e. The Bertz CT molecular complexity index is 708. The number of rotatable bonds is 6. The van der Waals surface area contributed by atoms with Crippen LogP contribution in [0.15, 0.2) is 30.3 Å². The molecule has 0 spiro atoms. The Labute approximate surface area is 144 Å². The van der Waals surface area contributed by atoms with Crippen molar-refractivity contribution in [3.63, 3.8) is 0 Å². The summed E-state index contributed by atoms with van der Waals surface area (Å²) in [6.45, 7) is 2.77. The quantitative estimate of drug-likeness (QED) is 0.803. The molecule has 122 valence electrons. The minimum Gasteiger partial charge on any atom is -0.493 e. The highest BCUT2D eigenvalue weighted by atomic mass is 35.5. The Morgan fingerprint density at radius 1 is 1.22 bits per heavy atom. The van der Waals surface area contributed by atoms with Gasteiger partial charge in [0.05, 0.1) is 19.3 Å². The largest absolute Gasteiger partial charge is 0.493 e. The predicted molar refractivity (Wildman–Crippen MR) is 89.6 cm³/mol. The molecule has 0 bridgehead atoms. The number of aromatic nitrogens is 1. The van der Waals surface area contributed by atoms with Crippen LogP contribution in [0.3, 0.4) is 0 Å². The first-order chi connectivity index (χ1) is 11.0. The molecule has 0 unspecified atom stereocenters. The predicted octanol–water partition coefficient (Wildman–Crippen LogP) is 3.73. The van der Waals surface area contributed by atoms with E-state index < -0.39 is 0 Å². The van der Waals surface area contributed by atoms with E-state index in [1.807, 2.05) is 19.1 Å². The van der Waals surface area contributed by atoms with Gasteiger partial charge in [-0.05, 0) is 36.8 Å². The fourth-order valence-electron chi connectivity index (χ4n) is 1.96. The zero-order valence-electron chi connectivity index (χ0n) is 12.7. The van der Waals surface area contributed by atoms with E-state index >= 15 is 0 Å². The number of hydrogen-bond donors (Lipinski definition) is 1. The Morgan fingerprint density at radius 3 is 2.65 bits per heavy atom. The number of carbonyl (C=O) groups excluding carboxylic acids is 1. The van der Waals surface area contributed by atoms with Gasteiger partial charge in [-0.2, -0.15) is 0 Å². The summed E-state index contributed by atoms with van der Waals surface area (Å²) in [5.41, 5.74) is 1.14. The Morgan fingerprint density at radius 2 is 2.00 bits per heavy atom. The van der Waals surface area contributed by atoms with Gasteiger partial charge in [0.2, 0.25) is 0 Å². The normalized spacial score (nSPS) is 10.3. The van der Waals surface area contributed by atoms with Crippen LogP contribution in [0, 0.1) is 0 Å². The lowest BCUT2D eigenvalue weighted by Crippen LogP contribution is -2.23. The Balaban J connectivity index is 2.06. The van der Waals surface area contributed by atoms with Crippen molar-refractivity contribution < 1.29 is 14.3 Å². The first-order valence-electron chi connectivity index (χ1n) is 6.95. The van der Waals surface area contributed by atoms with Gasteiger partial charge in [-0.15, -0.1) is 0 Å². The van der Waals surface area contributed by atoms with E-state index in [4.69, 9.17) is 32.7 Å². The number of nitrogens with one attached hydrogen (secondary N) is 1. The number of hydrogen-bond acceptors (Lipinski definition) is 4. The van der Waals surface area contributed by atoms with Gasteiger partial charge in [0, 0.05) is 6.54 Å². The Hall–Kier alpha value is -1.98. The monoisotopic (exact) mass is 354 g/mol. The molecule has 1 aromatic carbocycles. The molecule has 2 aromatic rings. The molecule has 1 amide bonds. The third-order valence-electron chi connectivity index (χ3n) is 3.04. The summed E-state index contributed by atoms with van der Waals surface area (Å²) in [5.74, 6) is 0.951. The van der Waals surface area contributed by atoms with Gasteiger partial charge in [-0.25, -0.2) is 4.98 Å². The summed E-state index contributed by atoms with van der Waals surface area (Å²) in [5, 5.41) is 3.08. The molecule has 0 saturated heterocycles. The highest BCUT2D eigenvalue weighted by Gasteiger charge is 2.12. The highest BCUT2D eigenvalue weighted by Crippen LogP contribution is 2.28. The average Bonchev–Trinajstić information content (AvgIpc) is 2.53. The molecule has 0 aliphatic heterocycles. The maximum absolute atomic E-state index is 12.1. The van der Waals surface area contributed by atoms with Crippen molar-refractivity contribution in [3.8, 4) is 11.5 Å². The SMILES string of the molecule is CCOc1ccc(CNC(=O)c2ccc(Cl)nc2Cl)cc1OC. The van der Waals surface area contributed by atoms with Crippen molar-refractivity contribution in [2.75, 3.05) is 13.7 Å². The second kappa shape index (κ2) is 8.04. The van der Waals surface area contributed by atoms with Crippen LogP contribution in [0.4, 0.5) is 0 Å². The summed E-state index contributed by atoms with van der Waals surface area (Å²) in [4.78, 5) is 16.0. The first-order valence-corrected chi connectivity index (χ1v) is 7.70. The molecule has 1 aromatic heterocycles. The standard InChI is InChI=1S/C16H16Cl2N2O3/c1-3-23-12-6-4-10(8-13(12)22-2)9-19-16(21)11-5-7-14(17)20-15(11)18/h4-8H,3,9H2,1-2H3,(H,19,21).